The van der Waals surface area contributed by atoms with Crippen LogP contribution < -0.4 is 4.90 Å². The predicted octanol–water partition coefficient (Wildman–Crippen LogP) is 3.20. The number of amides is 1. The summed E-state index contributed by atoms with van der Waals surface area (Å²) in [5, 5.41) is 23.3. The Balaban J connectivity index is 2.01. The van der Waals surface area contributed by atoms with E-state index in [9.17, 15) is 14.9 Å². The van der Waals surface area contributed by atoms with E-state index >= 15 is 0 Å². The zero-order chi connectivity index (χ0) is 19.6. The van der Waals surface area contributed by atoms with Gasteiger partial charge in [0, 0.05) is 41.8 Å². The van der Waals surface area contributed by atoms with Crippen molar-refractivity contribution >= 4 is 40.6 Å². The fourth-order valence-electron chi connectivity index (χ4n) is 2.26. The second kappa shape index (κ2) is 7.72. The molecule has 9 nitrogen and oxygen atoms in total. The van der Waals surface area contributed by atoms with Crippen molar-refractivity contribution in [3.63, 3.8) is 0 Å². The number of aryl methyl sites for hydroxylation is 1. The van der Waals surface area contributed by atoms with E-state index in [1.54, 1.807) is 38.4 Å². The molecule has 0 spiro atoms. The molecule has 3 rings (SSSR count). The Morgan fingerprint density at radius 1 is 1.26 bits per heavy atom. The number of halogens is 1. The van der Waals surface area contributed by atoms with E-state index in [0.717, 1.165) is 11.8 Å². The lowest BCUT2D eigenvalue weighted by Crippen LogP contribution is -2.26. The first-order chi connectivity index (χ1) is 12.9. The number of hydrogen-bond donors (Lipinski definition) is 0. The molecule has 0 fully saturated rings. The summed E-state index contributed by atoms with van der Waals surface area (Å²) in [7, 11) is 3.25. The molecule has 0 saturated carbocycles. The Morgan fingerprint density at radius 2 is 1.96 bits per heavy atom. The molecule has 0 saturated heterocycles. The molecule has 0 aliphatic heterocycles. The topological polar surface area (TPSA) is 107 Å². The SMILES string of the molecule is CN(C(=O)c1cc([N+](=O)[O-])ccc1Sc1nnnn1C)c1ccc(Cl)cc1. The molecular weight excluding hydrogens is 392 g/mol. The number of non-ortho nitro benzene ring substituents is 1. The van der Waals surface area contributed by atoms with Gasteiger partial charge in [-0.3, -0.25) is 14.9 Å². The van der Waals surface area contributed by atoms with Gasteiger partial charge in [0.05, 0.1) is 10.5 Å². The third kappa shape index (κ3) is 4.07. The van der Waals surface area contributed by atoms with Crippen molar-refractivity contribution < 1.29 is 9.72 Å². The van der Waals surface area contributed by atoms with Crippen LogP contribution in [-0.2, 0) is 7.05 Å². The van der Waals surface area contributed by atoms with Crippen molar-refractivity contribution in [3.05, 3.63) is 63.2 Å². The van der Waals surface area contributed by atoms with Crippen LogP contribution in [0.1, 0.15) is 10.4 Å². The maximum absolute atomic E-state index is 13.0. The minimum absolute atomic E-state index is 0.176. The van der Waals surface area contributed by atoms with Gasteiger partial charge in [-0.25, -0.2) is 4.68 Å². The van der Waals surface area contributed by atoms with Gasteiger partial charge in [0.1, 0.15) is 0 Å². The zero-order valence-corrected chi connectivity index (χ0v) is 15.8. The fourth-order valence-corrected chi connectivity index (χ4v) is 3.22. The number of rotatable bonds is 5. The molecule has 1 heterocycles. The molecule has 1 amide bonds. The summed E-state index contributed by atoms with van der Waals surface area (Å²) in [6.07, 6.45) is 0. The molecule has 0 unspecified atom stereocenters. The number of benzene rings is 2. The van der Waals surface area contributed by atoms with Crippen molar-refractivity contribution in [3.8, 4) is 0 Å². The van der Waals surface area contributed by atoms with Crippen LogP contribution in [0.15, 0.2) is 52.5 Å². The molecule has 3 aromatic rings. The van der Waals surface area contributed by atoms with E-state index in [-0.39, 0.29) is 11.3 Å². The van der Waals surface area contributed by atoms with Crippen LogP contribution in [0.25, 0.3) is 0 Å². The number of nitro benzene ring substituents is 1. The van der Waals surface area contributed by atoms with Crippen LogP contribution in [-0.4, -0.2) is 38.1 Å². The van der Waals surface area contributed by atoms with Gasteiger partial charge in [0.25, 0.3) is 11.6 Å². The summed E-state index contributed by atoms with van der Waals surface area (Å²) in [6.45, 7) is 0. The number of nitro groups is 1. The highest BCUT2D eigenvalue weighted by atomic mass is 35.5. The first kappa shape index (κ1) is 18.8. The molecular formula is C16H13ClN6O3S. The molecule has 0 atom stereocenters. The molecule has 0 radical (unpaired) electrons. The first-order valence-corrected chi connectivity index (χ1v) is 8.78. The molecule has 0 aliphatic rings. The molecule has 138 valence electrons. The number of carbonyl (C=O) groups is 1. The van der Waals surface area contributed by atoms with E-state index in [2.05, 4.69) is 15.5 Å². The van der Waals surface area contributed by atoms with Gasteiger partial charge >= 0.3 is 0 Å². The van der Waals surface area contributed by atoms with Gasteiger partial charge in [-0.2, -0.15) is 0 Å². The minimum Gasteiger partial charge on any atom is -0.311 e. The van der Waals surface area contributed by atoms with E-state index in [4.69, 9.17) is 11.6 Å². The van der Waals surface area contributed by atoms with Crippen molar-refractivity contribution in [1.82, 2.24) is 20.2 Å². The Labute approximate surface area is 163 Å². The highest BCUT2D eigenvalue weighted by molar-refractivity contribution is 7.99. The van der Waals surface area contributed by atoms with Gasteiger partial charge in [-0.05, 0) is 52.5 Å². The fraction of sp³-hybridized carbons (Fsp3) is 0.125. The molecule has 1 aromatic heterocycles. The Bertz CT molecular complexity index is 1010. The molecule has 11 heteroatoms. The highest BCUT2D eigenvalue weighted by Crippen LogP contribution is 2.32. The third-order valence-corrected chi connectivity index (χ3v) is 5.06. The van der Waals surface area contributed by atoms with Crippen molar-refractivity contribution in [2.45, 2.75) is 10.1 Å². The third-order valence-electron chi connectivity index (χ3n) is 3.71. The van der Waals surface area contributed by atoms with E-state index in [1.807, 2.05) is 0 Å². The van der Waals surface area contributed by atoms with Gasteiger partial charge in [0.15, 0.2) is 0 Å². The largest absolute Gasteiger partial charge is 0.311 e. The number of aromatic nitrogens is 4. The molecule has 27 heavy (non-hydrogen) atoms. The first-order valence-electron chi connectivity index (χ1n) is 7.59. The van der Waals surface area contributed by atoms with Gasteiger partial charge in [0.2, 0.25) is 5.16 Å². The lowest BCUT2D eigenvalue weighted by atomic mass is 10.1. The van der Waals surface area contributed by atoms with Gasteiger partial charge < -0.3 is 4.90 Å². The lowest BCUT2D eigenvalue weighted by molar-refractivity contribution is -0.384. The molecule has 0 bridgehead atoms. The summed E-state index contributed by atoms with van der Waals surface area (Å²) in [6, 6.07) is 10.8. The highest BCUT2D eigenvalue weighted by Gasteiger charge is 2.22. The molecule has 0 N–H and O–H groups in total. The number of carbonyl (C=O) groups excluding carboxylic acids is 1. The number of hydrogen-bond acceptors (Lipinski definition) is 7. The van der Waals surface area contributed by atoms with E-state index < -0.39 is 10.8 Å². The summed E-state index contributed by atoms with van der Waals surface area (Å²) in [5.41, 5.74) is 0.602. The minimum atomic E-state index is -0.544. The van der Waals surface area contributed by atoms with Crippen LogP contribution in [0, 0.1) is 10.1 Å². The number of tetrazole rings is 1. The summed E-state index contributed by atoms with van der Waals surface area (Å²) >= 11 is 7.03. The second-order valence-corrected chi connectivity index (χ2v) is 6.91. The van der Waals surface area contributed by atoms with Crippen LogP contribution in [0.4, 0.5) is 11.4 Å². The lowest BCUT2D eigenvalue weighted by Gasteiger charge is -2.19. The summed E-state index contributed by atoms with van der Waals surface area (Å²) in [5.74, 6) is -0.404. The monoisotopic (exact) mass is 404 g/mol. The van der Waals surface area contributed by atoms with E-state index in [1.165, 1.54) is 27.8 Å². The Kier molecular flexibility index (Phi) is 5.38. The predicted molar refractivity (Wildman–Crippen MR) is 100 cm³/mol. The maximum Gasteiger partial charge on any atom is 0.270 e. The average molecular weight is 405 g/mol. The average Bonchev–Trinajstić information content (AvgIpc) is 3.06. The summed E-state index contributed by atoms with van der Waals surface area (Å²) < 4.78 is 1.45. The Morgan fingerprint density at radius 3 is 2.56 bits per heavy atom. The number of nitrogens with zero attached hydrogens (tertiary/aromatic N) is 6. The quantitative estimate of drug-likeness (QED) is 0.474. The van der Waals surface area contributed by atoms with E-state index in [0.29, 0.717) is 20.8 Å². The van der Waals surface area contributed by atoms with Crippen molar-refractivity contribution in [2.24, 2.45) is 7.05 Å². The van der Waals surface area contributed by atoms with Crippen molar-refractivity contribution in [1.29, 1.82) is 0 Å². The van der Waals surface area contributed by atoms with Crippen LogP contribution in [0.2, 0.25) is 5.02 Å². The van der Waals surface area contributed by atoms with Gasteiger partial charge in [-0.15, -0.1) is 5.10 Å². The standard InChI is InChI=1S/C16H13ClN6O3S/c1-21(11-5-3-10(17)4-6-11)15(24)13-9-12(23(25)26)7-8-14(13)27-16-18-19-20-22(16)2/h3-9H,1-2H3. The zero-order valence-electron chi connectivity index (χ0n) is 14.2. The molecule has 0 aliphatic carbocycles. The number of anilines is 1. The maximum atomic E-state index is 13.0. The van der Waals surface area contributed by atoms with Crippen LogP contribution >= 0.6 is 23.4 Å². The normalized spacial score (nSPS) is 10.6. The molecule has 2 aromatic carbocycles. The van der Waals surface area contributed by atoms with Crippen molar-refractivity contribution in [2.75, 3.05) is 11.9 Å². The Hall–Kier alpha value is -2.98. The summed E-state index contributed by atoms with van der Waals surface area (Å²) in [4.78, 5) is 25.6. The van der Waals surface area contributed by atoms with Crippen LogP contribution in [0.5, 0.6) is 0 Å². The smallest absolute Gasteiger partial charge is 0.270 e. The van der Waals surface area contributed by atoms with Crippen LogP contribution in [0.3, 0.4) is 0 Å². The van der Waals surface area contributed by atoms with Gasteiger partial charge in [-0.1, -0.05) is 11.6 Å². The second-order valence-electron chi connectivity index (χ2n) is 5.47.